The molecule has 1 unspecified atom stereocenters. The molecule has 2 amide bonds. The van der Waals surface area contributed by atoms with Crippen molar-refractivity contribution in [3.63, 3.8) is 0 Å². The number of amides is 2. The van der Waals surface area contributed by atoms with Gasteiger partial charge in [-0.1, -0.05) is 36.4 Å². The van der Waals surface area contributed by atoms with Gasteiger partial charge >= 0.3 is 5.97 Å². The summed E-state index contributed by atoms with van der Waals surface area (Å²) in [6.07, 6.45) is -0.0412. The van der Waals surface area contributed by atoms with Crippen molar-refractivity contribution in [2.24, 2.45) is 5.92 Å². The minimum absolute atomic E-state index is 0.0689. The number of carboxylic acid groups (broad SMARTS) is 1. The van der Waals surface area contributed by atoms with Gasteiger partial charge < -0.3 is 15.3 Å². The predicted molar refractivity (Wildman–Crippen MR) is 92.8 cm³/mol. The zero-order valence-corrected chi connectivity index (χ0v) is 13.9. The third-order valence-corrected chi connectivity index (χ3v) is 4.58. The predicted octanol–water partition coefficient (Wildman–Crippen LogP) is 1.95. The van der Waals surface area contributed by atoms with Crippen molar-refractivity contribution in [2.75, 3.05) is 13.6 Å². The minimum Gasteiger partial charge on any atom is -0.481 e. The molecular formula is C19H20N2O4. The van der Waals surface area contributed by atoms with Crippen molar-refractivity contribution in [2.45, 2.75) is 18.9 Å². The van der Waals surface area contributed by atoms with Gasteiger partial charge in [-0.25, -0.2) is 0 Å². The number of fused-ring (bicyclic) bond motifs is 1. The summed E-state index contributed by atoms with van der Waals surface area (Å²) >= 11 is 0. The Morgan fingerprint density at radius 3 is 2.60 bits per heavy atom. The summed E-state index contributed by atoms with van der Waals surface area (Å²) in [6.45, 7) is 0.363. The van der Waals surface area contributed by atoms with Crippen LogP contribution in [0.25, 0.3) is 10.8 Å². The Labute approximate surface area is 145 Å². The van der Waals surface area contributed by atoms with Gasteiger partial charge in [0.1, 0.15) is 0 Å². The number of likely N-dealkylation sites (tertiary alicyclic amines) is 1. The summed E-state index contributed by atoms with van der Waals surface area (Å²) < 4.78 is 0. The maximum atomic E-state index is 12.5. The lowest BCUT2D eigenvalue weighted by Gasteiger charge is -2.20. The average Bonchev–Trinajstić information content (AvgIpc) is 2.92. The smallest absolute Gasteiger partial charge is 0.305 e. The Morgan fingerprint density at radius 2 is 1.96 bits per heavy atom. The van der Waals surface area contributed by atoms with Crippen LogP contribution in [0.15, 0.2) is 42.5 Å². The Balaban J connectivity index is 1.82. The average molecular weight is 340 g/mol. The van der Waals surface area contributed by atoms with Crippen LogP contribution in [-0.4, -0.2) is 41.4 Å². The first kappa shape index (κ1) is 17.0. The second-order valence-corrected chi connectivity index (χ2v) is 6.44. The molecule has 1 aliphatic rings. The van der Waals surface area contributed by atoms with Crippen LogP contribution in [0.3, 0.4) is 0 Å². The van der Waals surface area contributed by atoms with E-state index < -0.39 is 17.9 Å². The zero-order valence-electron chi connectivity index (χ0n) is 13.9. The lowest BCUT2D eigenvalue weighted by atomic mass is 9.98. The van der Waals surface area contributed by atoms with E-state index in [0.29, 0.717) is 6.54 Å². The standard InChI is InChI=1S/C19H20N2O4/c1-21-11-15(9-17(21)22)19(25)20-16(10-18(23)24)14-7-6-12-4-2-3-5-13(12)8-14/h2-8,15-16H,9-11H2,1H3,(H,20,25)(H,23,24)/t15?,16-/m0/s1. The molecule has 0 bridgehead atoms. The number of rotatable bonds is 5. The second kappa shape index (κ2) is 6.93. The molecule has 130 valence electrons. The van der Waals surface area contributed by atoms with E-state index >= 15 is 0 Å². The van der Waals surface area contributed by atoms with E-state index in [1.165, 1.54) is 4.90 Å². The lowest BCUT2D eigenvalue weighted by molar-refractivity contribution is -0.138. The van der Waals surface area contributed by atoms with E-state index in [2.05, 4.69) is 5.32 Å². The first-order chi connectivity index (χ1) is 11.9. The van der Waals surface area contributed by atoms with Crippen molar-refractivity contribution in [1.82, 2.24) is 10.2 Å². The quantitative estimate of drug-likeness (QED) is 0.871. The van der Waals surface area contributed by atoms with Crippen molar-refractivity contribution < 1.29 is 19.5 Å². The van der Waals surface area contributed by atoms with Crippen LogP contribution in [0.5, 0.6) is 0 Å². The Morgan fingerprint density at radius 1 is 1.24 bits per heavy atom. The van der Waals surface area contributed by atoms with Crippen molar-refractivity contribution in [3.05, 3.63) is 48.0 Å². The van der Waals surface area contributed by atoms with Gasteiger partial charge in [0.05, 0.1) is 18.4 Å². The fourth-order valence-electron chi connectivity index (χ4n) is 3.18. The lowest BCUT2D eigenvalue weighted by Crippen LogP contribution is -2.36. The molecule has 0 radical (unpaired) electrons. The highest BCUT2D eigenvalue weighted by molar-refractivity contribution is 5.89. The van der Waals surface area contributed by atoms with Crippen LogP contribution in [-0.2, 0) is 14.4 Å². The molecule has 6 heteroatoms. The molecule has 0 aromatic heterocycles. The third-order valence-electron chi connectivity index (χ3n) is 4.58. The Kier molecular flexibility index (Phi) is 4.70. The number of benzene rings is 2. The maximum Gasteiger partial charge on any atom is 0.305 e. The molecule has 2 aromatic rings. The number of hydrogen-bond acceptors (Lipinski definition) is 3. The molecular weight excluding hydrogens is 320 g/mol. The number of carbonyl (C=O) groups is 3. The van der Waals surface area contributed by atoms with Gasteiger partial charge in [-0.3, -0.25) is 14.4 Å². The first-order valence-corrected chi connectivity index (χ1v) is 8.19. The fourth-order valence-corrected chi connectivity index (χ4v) is 3.18. The number of hydrogen-bond donors (Lipinski definition) is 2. The van der Waals surface area contributed by atoms with Gasteiger partial charge in [-0.05, 0) is 22.4 Å². The molecule has 1 fully saturated rings. The zero-order chi connectivity index (χ0) is 18.0. The highest BCUT2D eigenvalue weighted by Gasteiger charge is 2.33. The summed E-state index contributed by atoms with van der Waals surface area (Å²) in [4.78, 5) is 36.9. The van der Waals surface area contributed by atoms with Gasteiger partial charge in [-0.15, -0.1) is 0 Å². The first-order valence-electron chi connectivity index (χ1n) is 8.19. The number of carboxylic acids is 1. The Hall–Kier alpha value is -2.89. The molecule has 2 N–H and O–H groups in total. The van der Waals surface area contributed by atoms with E-state index in [-0.39, 0.29) is 24.7 Å². The highest BCUT2D eigenvalue weighted by Crippen LogP contribution is 2.24. The van der Waals surface area contributed by atoms with Crippen LogP contribution in [0.2, 0.25) is 0 Å². The molecule has 1 aliphatic heterocycles. The van der Waals surface area contributed by atoms with Gasteiger partial charge in [0.25, 0.3) is 0 Å². The largest absolute Gasteiger partial charge is 0.481 e. The van der Waals surface area contributed by atoms with Crippen LogP contribution >= 0.6 is 0 Å². The second-order valence-electron chi connectivity index (χ2n) is 6.44. The van der Waals surface area contributed by atoms with Crippen LogP contribution in [0.4, 0.5) is 0 Å². The van der Waals surface area contributed by atoms with Crippen molar-refractivity contribution in [1.29, 1.82) is 0 Å². The molecule has 6 nitrogen and oxygen atoms in total. The summed E-state index contributed by atoms with van der Waals surface area (Å²) in [7, 11) is 1.66. The van der Waals surface area contributed by atoms with E-state index in [1.54, 1.807) is 7.05 Å². The molecule has 25 heavy (non-hydrogen) atoms. The molecule has 1 saturated heterocycles. The molecule has 0 aliphatic carbocycles. The summed E-state index contributed by atoms with van der Waals surface area (Å²) in [6, 6.07) is 12.8. The van der Waals surface area contributed by atoms with Gasteiger partial charge in [0.15, 0.2) is 0 Å². The van der Waals surface area contributed by atoms with Crippen molar-refractivity contribution in [3.8, 4) is 0 Å². The normalized spacial score (nSPS) is 18.4. The molecule has 1 heterocycles. The van der Waals surface area contributed by atoms with E-state index in [4.69, 9.17) is 0 Å². The fraction of sp³-hybridized carbons (Fsp3) is 0.316. The SMILES string of the molecule is CN1CC(C(=O)N[C@@H](CC(=O)O)c2ccc3ccccc3c2)CC1=O. The topological polar surface area (TPSA) is 86.7 Å². The maximum absolute atomic E-state index is 12.5. The molecule has 3 rings (SSSR count). The summed E-state index contributed by atoms with van der Waals surface area (Å²) in [5.74, 6) is -1.77. The highest BCUT2D eigenvalue weighted by atomic mass is 16.4. The minimum atomic E-state index is -0.988. The van der Waals surface area contributed by atoms with Gasteiger partial charge in [-0.2, -0.15) is 0 Å². The third kappa shape index (κ3) is 3.79. The Bertz CT molecular complexity index is 833. The van der Waals surface area contributed by atoms with E-state index in [0.717, 1.165) is 16.3 Å². The van der Waals surface area contributed by atoms with Crippen LogP contribution in [0, 0.1) is 5.92 Å². The van der Waals surface area contributed by atoms with Crippen LogP contribution in [0.1, 0.15) is 24.4 Å². The number of aliphatic carboxylic acids is 1. The molecule has 2 aromatic carbocycles. The molecule has 2 atom stereocenters. The number of nitrogens with one attached hydrogen (secondary N) is 1. The van der Waals surface area contributed by atoms with Crippen molar-refractivity contribution >= 4 is 28.6 Å². The molecule has 0 spiro atoms. The number of nitrogens with zero attached hydrogens (tertiary/aromatic N) is 1. The van der Waals surface area contributed by atoms with Gasteiger partial charge in [0.2, 0.25) is 11.8 Å². The van der Waals surface area contributed by atoms with E-state index in [9.17, 15) is 19.5 Å². The summed E-state index contributed by atoms with van der Waals surface area (Å²) in [5.41, 5.74) is 0.743. The summed E-state index contributed by atoms with van der Waals surface area (Å²) in [5, 5.41) is 14.1. The monoisotopic (exact) mass is 340 g/mol. The van der Waals surface area contributed by atoms with E-state index in [1.807, 2.05) is 42.5 Å². The number of carbonyl (C=O) groups excluding carboxylic acids is 2. The van der Waals surface area contributed by atoms with Gasteiger partial charge in [0, 0.05) is 20.0 Å². The van der Waals surface area contributed by atoms with Crippen LogP contribution < -0.4 is 5.32 Å². The molecule has 0 saturated carbocycles.